The van der Waals surface area contributed by atoms with E-state index in [-0.39, 0.29) is 5.57 Å². The zero-order chi connectivity index (χ0) is 18.5. The lowest BCUT2D eigenvalue weighted by atomic mass is 10.1. The fourth-order valence-corrected chi connectivity index (χ4v) is 2.97. The molecule has 2 aromatic rings. The van der Waals surface area contributed by atoms with Crippen LogP contribution in [0, 0.1) is 11.3 Å². The zero-order valence-electron chi connectivity index (χ0n) is 13.9. The summed E-state index contributed by atoms with van der Waals surface area (Å²) < 4.78 is 16.8. The SMILES string of the molecule is COc1ccc(/C=C(\C#N)C(=O)Nc2ccc3c(c2)OCCO3)cc1Br. The Morgan fingerprint density at radius 3 is 2.69 bits per heavy atom. The van der Waals surface area contributed by atoms with Gasteiger partial charge in [0.1, 0.15) is 30.6 Å². The summed E-state index contributed by atoms with van der Waals surface area (Å²) in [4.78, 5) is 12.4. The van der Waals surface area contributed by atoms with Crippen molar-refractivity contribution in [2.45, 2.75) is 0 Å². The summed E-state index contributed by atoms with van der Waals surface area (Å²) in [5.74, 6) is 1.36. The Hall–Kier alpha value is -2.98. The maximum absolute atomic E-state index is 12.4. The van der Waals surface area contributed by atoms with Crippen LogP contribution in [0.2, 0.25) is 0 Å². The number of ether oxygens (including phenoxy) is 3. The number of nitrogens with one attached hydrogen (secondary N) is 1. The molecule has 0 atom stereocenters. The van der Waals surface area contributed by atoms with E-state index in [9.17, 15) is 10.1 Å². The van der Waals surface area contributed by atoms with E-state index in [0.29, 0.717) is 41.7 Å². The fraction of sp³-hybridized carbons (Fsp3) is 0.158. The second-order valence-electron chi connectivity index (χ2n) is 5.38. The molecule has 0 saturated heterocycles. The van der Waals surface area contributed by atoms with Crippen LogP contribution in [0.1, 0.15) is 5.56 Å². The zero-order valence-corrected chi connectivity index (χ0v) is 15.5. The van der Waals surface area contributed by atoms with Gasteiger partial charge in [-0.2, -0.15) is 5.26 Å². The third kappa shape index (κ3) is 3.98. The lowest BCUT2D eigenvalue weighted by Gasteiger charge is -2.18. The first-order chi connectivity index (χ1) is 12.6. The largest absolute Gasteiger partial charge is 0.496 e. The molecular weight excluding hydrogens is 400 g/mol. The maximum atomic E-state index is 12.4. The van der Waals surface area contributed by atoms with Gasteiger partial charge in [-0.25, -0.2) is 0 Å². The highest BCUT2D eigenvalue weighted by Crippen LogP contribution is 2.32. The number of carbonyl (C=O) groups excluding carboxylic acids is 1. The molecule has 0 aliphatic carbocycles. The molecule has 1 heterocycles. The van der Waals surface area contributed by atoms with E-state index in [1.807, 2.05) is 6.07 Å². The molecule has 0 bridgehead atoms. The number of nitriles is 1. The Morgan fingerprint density at radius 2 is 2.00 bits per heavy atom. The standard InChI is InChI=1S/C19H15BrN2O4/c1-24-16-4-2-12(9-15(16)20)8-13(11-21)19(23)22-14-3-5-17-18(10-14)26-7-6-25-17/h2-5,8-10H,6-7H2,1H3,(H,22,23)/b13-8+. The van der Waals surface area contributed by atoms with Crippen LogP contribution in [-0.2, 0) is 4.79 Å². The van der Waals surface area contributed by atoms with Gasteiger partial charge in [-0.15, -0.1) is 0 Å². The van der Waals surface area contributed by atoms with Crippen LogP contribution >= 0.6 is 15.9 Å². The first-order valence-electron chi connectivity index (χ1n) is 7.77. The molecule has 0 aromatic heterocycles. The van der Waals surface area contributed by atoms with Gasteiger partial charge in [0.15, 0.2) is 11.5 Å². The third-order valence-electron chi connectivity index (χ3n) is 3.65. The number of methoxy groups -OCH3 is 1. The number of amides is 1. The van der Waals surface area contributed by atoms with Gasteiger partial charge >= 0.3 is 0 Å². The molecule has 1 amide bonds. The summed E-state index contributed by atoms with van der Waals surface area (Å²) in [7, 11) is 1.57. The summed E-state index contributed by atoms with van der Waals surface area (Å²) in [5.41, 5.74) is 1.21. The molecule has 6 nitrogen and oxygen atoms in total. The van der Waals surface area contributed by atoms with Crippen LogP contribution in [0.3, 0.4) is 0 Å². The molecule has 0 saturated carbocycles. The van der Waals surface area contributed by atoms with Gasteiger partial charge in [-0.05, 0) is 51.8 Å². The summed E-state index contributed by atoms with van der Waals surface area (Å²) >= 11 is 3.38. The van der Waals surface area contributed by atoms with Gasteiger partial charge in [0, 0.05) is 11.8 Å². The van der Waals surface area contributed by atoms with E-state index >= 15 is 0 Å². The maximum Gasteiger partial charge on any atom is 0.266 e. The molecule has 0 unspecified atom stereocenters. The first-order valence-corrected chi connectivity index (χ1v) is 8.56. The summed E-state index contributed by atoms with van der Waals surface area (Å²) in [6.45, 7) is 0.956. The van der Waals surface area contributed by atoms with Crippen LogP contribution in [0.25, 0.3) is 6.08 Å². The quantitative estimate of drug-likeness (QED) is 0.608. The Morgan fingerprint density at radius 1 is 1.23 bits per heavy atom. The highest BCUT2D eigenvalue weighted by atomic mass is 79.9. The average molecular weight is 415 g/mol. The van der Waals surface area contributed by atoms with E-state index in [1.54, 1.807) is 43.5 Å². The number of rotatable bonds is 4. The molecule has 2 aromatic carbocycles. The molecule has 3 rings (SSSR count). The van der Waals surface area contributed by atoms with Crippen molar-refractivity contribution in [3.8, 4) is 23.3 Å². The number of nitrogens with zero attached hydrogens (tertiary/aromatic N) is 1. The average Bonchev–Trinajstić information content (AvgIpc) is 2.66. The van der Waals surface area contributed by atoms with Gasteiger partial charge in [0.25, 0.3) is 5.91 Å². The van der Waals surface area contributed by atoms with Crippen molar-refractivity contribution in [1.29, 1.82) is 5.26 Å². The minimum Gasteiger partial charge on any atom is -0.496 e. The second kappa shape index (κ2) is 7.93. The summed E-state index contributed by atoms with van der Waals surface area (Å²) in [6.07, 6.45) is 1.51. The molecule has 0 spiro atoms. The van der Waals surface area contributed by atoms with Crippen LogP contribution in [0.15, 0.2) is 46.4 Å². The number of fused-ring (bicyclic) bond motifs is 1. The number of anilines is 1. The lowest BCUT2D eigenvalue weighted by molar-refractivity contribution is -0.112. The number of carbonyl (C=O) groups is 1. The van der Waals surface area contributed by atoms with Crippen LogP contribution in [-0.4, -0.2) is 26.2 Å². The van der Waals surface area contributed by atoms with Crippen molar-refractivity contribution in [3.05, 3.63) is 52.0 Å². The minimum atomic E-state index is -0.504. The van der Waals surface area contributed by atoms with E-state index in [0.717, 1.165) is 4.47 Å². The number of hydrogen-bond acceptors (Lipinski definition) is 5. The van der Waals surface area contributed by atoms with Crippen molar-refractivity contribution in [1.82, 2.24) is 0 Å². The molecule has 1 aliphatic heterocycles. The Balaban J connectivity index is 1.79. The topological polar surface area (TPSA) is 80.6 Å². The van der Waals surface area contributed by atoms with Crippen molar-refractivity contribution in [2.24, 2.45) is 0 Å². The molecule has 1 N–H and O–H groups in total. The van der Waals surface area contributed by atoms with Crippen LogP contribution in [0.4, 0.5) is 5.69 Å². The van der Waals surface area contributed by atoms with Crippen molar-refractivity contribution in [3.63, 3.8) is 0 Å². The third-order valence-corrected chi connectivity index (χ3v) is 4.27. The van der Waals surface area contributed by atoms with Gasteiger partial charge in [0.2, 0.25) is 0 Å². The second-order valence-corrected chi connectivity index (χ2v) is 6.23. The first kappa shape index (κ1) is 17.8. The molecule has 7 heteroatoms. The van der Waals surface area contributed by atoms with Gasteiger partial charge in [-0.3, -0.25) is 4.79 Å². The number of benzene rings is 2. The molecule has 26 heavy (non-hydrogen) atoms. The van der Waals surface area contributed by atoms with Gasteiger partial charge in [0.05, 0.1) is 11.6 Å². The van der Waals surface area contributed by atoms with E-state index in [1.165, 1.54) is 6.08 Å². The van der Waals surface area contributed by atoms with Crippen molar-refractivity contribution < 1.29 is 19.0 Å². The number of halogens is 1. The smallest absolute Gasteiger partial charge is 0.266 e. The van der Waals surface area contributed by atoms with E-state index in [4.69, 9.17) is 14.2 Å². The highest BCUT2D eigenvalue weighted by molar-refractivity contribution is 9.10. The predicted octanol–water partition coefficient (Wildman–Crippen LogP) is 3.77. The van der Waals surface area contributed by atoms with E-state index in [2.05, 4.69) is 21.2 Å². The monoisotopic (exact) mass is 414 g/mol. The fourth-order valence-electron chi connectivity index (χ4n) is 2.41. The van der Waals surface area contributed by atoms with Crippen molar-refractivity contribution in [2.75, 3.05) is 25.6 Å². The van der Waals surface area contributed by atoms with Crippen LogP contribution < -0.4 is 19.5 Å². The van der Waals surface area contributed by atoms with Crippen molar-refractivity contribution >= 4 is 33.6 Å². The lowest BCUT2D eigenvalue weighted by Crippen LogP contribution is -2.17. The molecule has 132 valence electrons. The Bertz CT molecular complexity index is 918. The molecule has 0 fully saturated rings. The summed E-state index contributed by atoms with van der Waals surface area (Å²) in [6, 6.07) is 12.3. The highest BCUT2D eigenvalue weighted by Gasteiger charge is 2.15. The molecular formula is C19H15BrN2O4. The van der Waals surface area contributed by atoms with E-state index < -0.39 is 5.91 Å². The molecule has 0 radical (unpaired) electrons. The van der Waals surface area contributed by atoms with Crippen LogP contribution in [0.5, 0.6) is 17.2 Å². The number of hydrogen-bond donors (Lipinski definition) is 1. The molecule has 1 aliphatic rings. The minimum absolute atomic E-state index is 0.0167. The normalized spacial score (nSPS) is 12.9. The Labute approximate surface area is 159 Å². The Kier molecular flexibility index (Phi) is 5.44. The van der Waals surface area contributed by atoms with Gasteiger partial charge < -0.3 is 19.5 Å². The van der Waals surface area contributed by atoms with Gasteiger partial charge in [-0.1, -0.05) is 6.07 Å². The predicted molar refractivity (Wildman–Crippen MR) is 100 cm³/mol. The summed E-state index contributed by atoms with van der Waals surface area (Å²) in [5, 5.41) is 12.0.